The van der Waals surface area contributed by atoms with Crippen molar-refractivity contribution in [3.8, 4) is 5.75 Å². The van der Waals surface area contributed by atoms with Gasteiger partial charge in [-0.2, -0.15) is 0 Å². The van der Waals surface area contributed by atoms with Crippen molar-refractivity contribution in [1.82, 2.24) is 0 Å². The van der Waals surface area contributed by atoms with E-state index in [4.69, 9.17) is 4.74 Å². The zero-order chi connectivity index (χ0) is 14.4. The summed E-state index contributed by atoms with van der Waals surface area (Å²) in [6.07, 6.45) is 1.60. The van der Waals surface area contributed by atoms with Gasteiger partial charge in [-0.15, -0.1) is 0 Å². The molecule has 0 spiro atoms. The van der Waals surface area contributed by atoms with Crippen molar-refractivity contribution in [2.75, 3.05) is 12.4 Å². The van der Waals surface area contributed by atoms with Crippen LogP contribution in [0.1, 0.15) is 17.3 Å². The van der Waals surface area contributed by atoms with Crippen LogP contribution in [-0.2, 0) is 0 Å². The van der Waals surface area contributed by atoms with Crippen LogP contribution in [0.5, 0.6) is 5.75 Å². The van der Waals surface area contributed by atoms with E-state index >= 15 is 0 Å². The number of rotatable bonds is 5. The van der Waals surface area contributed by atoms with Gasteiger partial charge in [-0.1, -0.05) is 30.3 Å². The van der Waals surface area contributed by atoms with Gasteiger partial charge in [-0.3, -0.25) is 4.79 Å². The third-order valence-electron chi connectivity index (χ3n) is 2.84. The first kappa shape index (κ1) is 13.9. The average molecular weight is 267 g/mol. The van der Waals surface area contributed by atoms with Crippen LogP contribution in [-0.4, -0.2) is 12.9 Å². The summed E-state index contributed by atoms with van der Waals surface area (Å²) in [6.45, 7) is 1.87. The standard InChI is InChI=1S/C17H17NO2/c1-13(12-17(19)14-6-4-3-5-7-14)18-15-8-10-16(20-2)11-9-15/h3-12,18H,1-2H3. The molecule has 0 aliphatic rings. The van der Waals surface area contributed by atoms with Crippen LogP contribution in [0, 0.1) is 0 Å². The maximum absolute atomic E-state index is 12.0. The van der Waals surface area contributed by atoms with Crippen LogP contribution in [0.25, 0.3) is 0 Å². The molecule has 3 nitrogen and oxygen atoms in total. The highest BCUT2D eigenvalue weighted by Crippen LogP contribution is 2.16. The van der Waals surface area contributed by atoms with E-state index < -0.39 is 0 Å². The highest BCUT2D eigenvalue weighted by Gasteiger charge is 2.02. The van der Waals surface area contributed by atoms with Gasteiger partial charge in [0.05, 0.1) is 7.11 Å². The van der Waals surface area contributed by atoms with E-state index in [1.165, 1.54) is 0 Å². The lowest BCUT2D eigenvalue weighted by Crippen LogP contribution is -2.01. The molecule has 0 aliphatic carbocycles. The van der Waals surface area contributed by atoms with E-state index in [0.717, 1.165) is 17.1 Å². The Balaban J connectivity index is 2.05. The number of ketones is 1. The fourth-order valence-corrected chi connectivity index (χ4v) is 1.82. The van der Waals surface area contributed by atoms with Gasteiger partial charge in [0, 0.05) is 23.0 Å². The van der Waals surface area contributed by atoms with Crippen molar-refractivity contribution in [1.29, 1.82) is 0 Å². The zero-order valence-corrected chi connectivity index (χ0v) is 11.6. The SMILES string of the molecule is COc1ccc(NC(C)=CC(=O)c2ccccc2)cc1. The summed E-state index contributed by atoms with van der Waals surface area (Å²) in [6, 6.07) is 16.8. The number of carbonyl (C=O) groups excluding carboxylic acids is 1. The Labute approximate surface area is 118 Å². The maximum Gasteiger partial charge on any atom is 0.187 e. The predicted molar refractivity (Wildman–Crippen MR) is 81.1 cm³/mol. The quantitative estimate of drug-likeness (QED) is 0.659. The molecular weight excluding hydrogens is 250 g/mol. The van der Waals surface area contributed by atoms with Gasteiger partial charge in [-0.25, -0.2) is 0 Å². The first-order chi connectivity index (χ1) is 9.69. The van der Waals surface area contributed by atoms with Crippen LogP contribution in [0.3, 0.4) is 0 Å². The summed E-state index contributed by atoms with van der Waals surface area (Å²) >= 11 is 0. The molecular formula is C17H17NO2. The van der Waals surface area contributed by atoms with Gasteiger partial charge < -0.3 is 10.1 Å². The van der Waals surface area contributed by atoms with Crippen molar-refractivity contribution in [2.24, 2.45) is 0 Å². The molecule has 0 saturated heterocycles. The molecule has 0 bridgehead atoms. The highest BCUT2D eigenvalue weighted by molar-refractivity contribution is 6.05. The van der Waals surface area contributed by atoms with Crippen molar-refractivity contribution in [3.63, 3.8) is 0 Å². The molecule has 2 rings (SSSR count). The molecule has 0 atom stereocenters. The molecule has 2 aromatic carbocycles. The van der Waals surface area contributed by atoms with E-state index in [-0.39, 0.29) is 5.78 Å². The van der Waals surface area contributed by atoms with Crippen LogP contribution in [0.2, 0.25) is 0 Å². The Hall–Kier alpha value is -2.55. The summed E-state index contributed by atoms with van der Waals surface area (Å²) in [4.78, 5) is 12.0. The predicted octanol–water partition coefficient (Wildman–Crippen LogP) is 3.89. The molecule has 0 amide bonds. The van der Waals surface area contributed by atoms with E-state index in [2.05, 4.69) is 5.32 Å². The fraction of sp³-hybridized carbons (Fsp3) is 0.118. The fourth-order valence-electron chi connectivity index (χ4n) is 1.82. The van der Waals surface area contributed by atoms with Gasteiger partial charge in [0.1, 0.15) is 5.75 Å². The Kier molecular flexibility index (Phi) is 4.56. The van der Waals surface area contributed by atoms with Crippen molar-refractivity contribution in [3.05, 3.63) is 71.9 Å². The second-order valence-corrected chi connectivity index (χ2v) is 4.41. The summed E-state index contributed by atoms with van der Waals surface area (Å²) in [5.74, 6) is 0.793. The molecule has 0 aliphatic heterocycles. The maximum atomic E-state index is 12.0. The molecule has 102 valence electrons. The Morgan fingerprint density at radius 2 is 1.70 bits per heavy atom. The number of anilines is 1. The van der Waals surface area contributed by atoms with Gasteiger partial charge >= 0.3 is 0 Å². The third kappa shape index (κ3) is 3.72. The minimum Gasteiger partial charge on any atom is -0.497 e. The summed E-state index contributed by atoms with van der Waals surface area (Å²) in [5.41, 5.74) is 2.40. The van der Waals surface area contributed by atoms with Gasteiger partial charge in [0.15, 0.2) is 5.78 Å². The minimum absolute atomic E-state index is 0.0101. The first-order valence-corrected chi connectivity index (χ1v) is 6.38. The number of hydrogen-bond donors (Lipinski definition) is 1. The number of carbonyl (C=O) groups is 1. The molecule has 0 heterocycles. The highest BCUT2D eigenvalue weighted by atomic mass is 16.5. The number of ether oxygens (including phenoxy) is 1. The number of hydrogen-bond acceptors (Lipinski definition) is 3. The van der Waals surface area contributed by atoms with E-state index in [1.54, 1.807) is 25.3 Å². The molecule has 0 fully saturated rings. The van der Waals surface area contributed by atoms with Crippen molar-refractivity contribution in [2.45, 2.75) is 6.92 Å². The topological polar surface area (TPSA) is 38.3 Å². The molecule has 0 aromatic heterocycles. The number of benzene rings is 2. The molecule has 2 aromatic rings. The second kappa shape index (κ2) is 6.57. The number of nitrogens with one attached hydrogen (secondary N) is 1. The summed E-state index contributed by atoms with van der Waals surface area (Å²) < 4.78 is 5.10. The van der Waals surface area contributed by atoms with E-state index in [9.17, 15) is 4.79 Å². The first-order valence-electron chi connectivity index (χ1n) is 6.38. The Bertz CT molecular complexity index is 601. The van der Waals surface area contributed by atoms with E-state index in [0.29, 0.717) is 5.56 Å². The summed E-state index contributed by atoms with van der Waals surface area (Å²) in [7, 11) is 1.63. The molecule has 20 heavy (non-hydrogen) atoms. The Morgan fingerprint density at radius 3 is 2.30 bits per heavy atom. The molecule has 1 N–H and O–H groups in total. The van der Waals surface area contributed by atoms with Crippen LogP contribution in [0.15, 0.2) is 66.4 Å². The van der Waals surface area contributed by atoms with Gasteiger partial charge in [0.25, 0.3) is 0 Å². The molecule has 0 unspecified atom stereocenters. The van der Waals surface area contributed by atoms with Crippen LogP contribution >= 0.6 is 0 Å². The minimum atomic E-state index is -0.0101. The van der Waals surface area contributed by atoms with Crippen molar-refractivity contribution >= 4 is 11.5 Å². The van der Waals surface area contributed by atoms with Crippen molar-refractivity contribution < 1.29 is 9.53 Å². The third-order valence-corrected chi connectivity index (χ3v) is 2.84. The molecule has 0 radical (unpaired) electrons. The lowest BCUT2D eigenvalue weighted by atomic mass is 10.1. The average Bonchev–Trinajstić information content (AvgIpc) is 2.49. The number of methoxy groups -OCH3 is 1. The lowest BCUT2D eigenvalue weighted by molar-refractivity contribution is 0.104. The van der Waals surface area contributed by atoms with Gasteiger partial charge in [-0.05, 0) is 31.2 Å². The summed E-state index contributed by atoms with van der Waals surface area (Å²) in [5, 5.41) is 3.18. The van der Waals surface area contributed by atoms with E-state index in [1.807, 2.05) is 49.4 Å². The van der Waals surface area contributed by atoms with Gasteiger partial charge in [0.2, 0.25) is 0 Å². The number of allylic oxidation sites excluding steroid dienone is 2. The smallest absolute Gasteiger partial charge is 0.187 e. The lowest BCUT2D eigenvalue weighted by Gasteiger charge is -2.07. The monoisotopic (exact) mass is 267 g/mol. The molecule has 3 heteroatoms. The zero-order valence-electron chi connectivity index (χ0n) is 11.6. The van der Waals surface area contributed by atoms with Crippen LogP contribution in [0.4, 0.5) is 5.69 Å². The largest absolute Gasteiger partial charge is 0.497 e. The normalized spacial score (nSPS) is 11.0. The second-order valence-electron chi connectivity index (χ2n) is 4.41. The molecule has 0 saturated carbocycles. The Morgan fingerprint density at radius 1 is 1.05 bits per heavy atom. The van der Waals surface area contributed by atoms with Crippen LogP contribution < -0.4 is 10.1 Å².